The van der Waals surface area contributed by atoms with E-state index in [9.17, 15) is 22.4 Å². The highest BCUT2D eigenvalue weighted by Gasteiger charge is 2.39. The third-order valence-corrected chi connectivity index (χ3v) is 4.42. The first-order chi connectivity index (χ1) is 13.1. The molecule has 0 spiro atoms. The summed E-state index contributed by atoms with van der Waals surface area (Å²) >= 11 is 11.6. The van der Waals surface area contributed by atoms with Gasteiger partial charge in [0.1, 0.15) is 16.5 Å². The molecule has 0 unspecified atom stereocenters. The van der Waals surface area contributed by atoms with Crippen LogP contribution in [0.2, 0.25) is 10.0 Å². The molecule has 0 radical (unpaired) electrons. The molecule has 0 saturated heterocycles. The molecule has 0 fully saturated rings. The number of aromatic nitrogens is 4. The number of hydrogen-bond acceptors (Lipinski definition) is 3. The summed E-state index contributed by atoms with van der Waals surface area (Å²) < 4.78 is 53.8. The van der Waals surface area contributed by atoms with E-state index in [-0.39, 0.29) is 17.3 Å². The Balaban J connectivity index is 1.77. The highest BCUT2D eigenvalue weighted by Crippen LogP contribution is 2.35. The van der Waals surface area contributed by atoms with Crippen LogP contribution in [0.1, 0.15) is 21.7 Å². The lowest BCUT2D eigenvalue weighted by Crippen LogP contribution is -2.16. The van der Waals surface area contributed by atoms with Crippen LogP contribution < -0.4 is 5.32 Å². The number of hydrogen-bond donors (Lipinski definition) is 1. The zero-order valence-electron chi connectivity index (χ0n) is 14.1. The third-order valence-electron chi connectivity index (χ3n) is 3.71. The lowest BCUT2D eigenvalue weighted by atomic mass is 10.2. The Hall–Kier alpha value is -2.59. The summed E-state index contributed by atoms with van der Waals surface area (Å²) in [5.41, 5.74) is -0.977. The molecule has 148 valence electrons. The highest BCUT2D eigenvalue weighted by atomic mass is 35.5. The molecule has 0 aliphatic rings. The second-order valence-electron chi connectivity index (χ2n) is 5.75. The Kier molecular flexibility index (Phi) is 5.35. The molecule has 0 aliphatic heterocycles. The highest BCUT2D eigenvalue weighted by molar-refractivity contribution is 6.34. The summed E-state index contributed by atoms with van der Waals surface area (Å²) in [6.45, 7) is 0.194. The molecule has 12 heteroatoms. The van der Waals surface area contributed by atoms with E-state index in [1.165, 1.54) is 36.3 Å². The number of nitrogens with zero attached hydrogens (tertiary/aromatic N) is 4. The topological polar surface area (TPSA) is 64.7 Å². The number of halogens is 6. The van der Waals surface area contributed by atoms with E-state index < -0.39 is 34.3 Å². The number of aryl methyl sites for hydroxylation is 1. The van der Waals surface area contributed by atoms with Crippen molar-refractivity contribution in [2.24, 2.45) is 7.05 Å². The zero-order chi connectivity index (χ0) is 20.6. The van der Waals surface area contributed by atoms with Gasteiger partial charge in [-0.3, -0.25) is 14.2 Å². The van der Waals surface area contributed by atoms with Crippen LogP contribution in [0.4, 0.5) is 23.2 Å². The molecule has 2 heterocycles. The van der Waals surface area contributed by atoms with Gasteiger partial charge in [0, 0.05) is 18.3 Å². The van der Waals surface area contributed by atoms with Crippen LogP contribution in [-0.2, 0) is 19.8 Å². The van der Waals surface area contributed by atoms with E-state index in [1.807, 2.05) is 0 Å². The number of carbonyl (C=O) groups is 1. The largest absolute Gasteiger partial charge is 0.436 e. The lowest BCUT2D eigenvalue weighted by molar-refractivity contribution is -0.141. The molecule has 28 heavy (non-hydrogen) atoms. The Labute approximate surface area is 165 Å². The molecular formula is C16H11Cl2F4N5O. The van der Waals surface area contributed by atoms with Crippen molar-refractivity contribution in [2.75, 3.05) is 5.32 Å². The second kappa shape index (κ2) is 7.44. The fourth-order valence-corrected chi connectivity index (χ4v) is 3.04. The Morgan fingerprint density at radius 1 is 1.29 bits per heavy atom. The minimum Gasteiger partial charge on any atom is -0.318 e. The number of anilines is 1. The third kappa shape index (κ3) is 4.12. The van der Waals surface area contributed by atoms with Crippen molar-refractivity contribution in [3.8, 4) is 0 Å². The Morgan fingerprint density at radius 2 is 2.00 bits per heavy atom. The molecule has 3 aromatic rings. The Bertz CT molecular complexity index is 1040. The van der Waals surface area contributed by atoms with Gasteiger partial charge in [-0.25, -0.2) is 4.39 Å². The number of benzene rings is 1. The normalized spacial score (nSPS) is 11.7. The standard InChI is InChI=1S/C16H11Cl2F4N5O/c1-26-13(12(18)14(25-26)16(20,21)22)15(28)24-10-5-23-27(7-10)6-8-2-3-9(19)4-11(8)17/h2-5,7H,6H2,1H3,(H,24,28). The molecule has 0 atom stereocenters. The molecule has 0 aliphatic carbocycles. The second-order valence-corrected chi connectivity index (χ2v) is 6.53. The number of carbonyl (C=O) groups excluding carboxylic acids is 1. The molecular weight excluding hydrogens is 425 g/mol. The van der Waals surface area contributed by atoms with E-state index in [2.05, 4.69) is 15.5 Å². The summed E-state index contributed by atoms with van der Waals surface area (Å²) in [7, 11) is 1.18. The molecule has 6 nitrogen and oxygen atoms in total. The minimum atomic E-state index is -4.79. The van der Waals surface area contributed by atoms with Crippen molar-refractivity contribution >= 4 is 34.8 Å². The van der Waals surface area contributed by atoms with Crippen molar-refractivity contribution in [1.82, 2.24) is 19.6 Å². The molecule has 1 N–H and O–H groups in total. The maximum Gasteiger partial charge on any atom is 0.436 e. The Morgan fingerprint density at radius 3 is 2.61 bits per heavy atom. The van der Waals surface area contributed by atoms with Gasteiger partial charge in [0.25, 0.3) is 5.91 Å². The SMILES string of the molecule is Cn1nc(C(F)(F)F)c(Cl)c1C(=O)Nc1cnn(Cc2ccc(F)cc2Cl)c1. The fraction of sp³-hybridized carbons (Fsp3) is 0.188. The number of alkyl halides is 3. The van der Waals surface area contributed by atoms with Crippen molar-refractivity contribution in [2.45, 2.75) is 12.7 Å². The van der Waals surface area contributed by atoms with Crippen LogP contribution >= 0.6 is 23.2 Å². The average molecular weight is 436 g/mol. The van der Waals surface area contributed by atoms with Gasteiger partial charge in [0.15, 0.2) is 5.69 Å². The van der Waals surface area contributed by atoms with Crippen molar-refractivity contribution in [3.63, 3.8) is 0 Å². The number of nitrogens with one attached hydrogen (secondary N) is 1. The molecule has 0 saturated carbocycles. The van der Waals surface area contributed by atoms with Gasteiger partial charge in [-0.05, 0) is 17.7 Å². The van der Waals surface area contributed by atoms with Crippen LogP contribution in [0.25, 0.3) is 0 Å². The van der Waals surface area contributed by atoms with E-state index >= 15 is 0 Å². The van der Waals surface area contributed by atoms with Gasteiger partial charge in [0.2, 0.25) is 0 Å². The minimum absolute atomic E-state index is 0.194. The van der Waals surface area contributed by atoms with Gasteiger partial charge in [-0.2, -0.15) is 23.4 Å². The molecule has 1 aromatic carbocycles. The predicted molar refractivity (Wildman–Crippen MR) is 93.9 cm³/mol. The van der Waals surface area contributed by atoms with E-state index in [4.69, 9.17) is 23.2 Å². The summed E-state index contributed by atoms with van der Waals surface area (Å²) in [5, 5.41) is 9.10. The smallest absolute Gasteiger partial charge is 0.318 e. The van der Waals surface area contributed by atoms with Gasteiger partial charge >= 0.3 is 6.18 Å². The average Bonchev–Trinajstić information content (AvgIpc) is 3.13. The van der Waals surface area contributed by atoms with Gasteiger partial charge < -0.3 is 5.32 Å². The summed E-state index contributed by atoms with van der Waals surface area (Å²) in [5.74, 6) is -1.36. The van der Waals surface area contributed by atoms with Gasteiger partial charge in [0.05, 0.1) is 18.4 Å². The number of rotatable bonds is 4. The first-order valence-corrected chi connectivity index (χ1v) is 8.39. The zero-order valence-corrected chi connectivity index (χ0v) is 15.6. The quantitative estimate of drug-likeness (QED) is 0.618. The van der Waals surface area contributed by atoms with E-state index in [1.54, 1.807) is 0 Å². The summed E-state index contributed by atoms with van der Waals surface area (Å²) in [6.07, 6.45) is -2.05. The van der Waals surface area contributed by atoms with Crippen LogP contribution in [0.3, 0.4) is 0 Å². The van der Waals surface area contributed by atoms with Crippen molar-refractivity contribution in [1.29, 1.82) is 0 Å². The van der Waals surface area contributed by atoms with Crippen molar-refractivity contribution < 1.29 is 22.4 Å². The summed E-state index contributed by atoms with van der Waals surface area (Å²) in [6, 6.07) is 3.90. The van der Waals surface area contributed by atoms with Gasteiger partial charge in [-0.1, -0.05) is 29.3 Å². The van der Waals surface area contributed by atoms with Crippen LogP contribution in [0.5, 0.6) is 0 Å². The predicted octanol–water partition coefficient (Wildman–Crippen LogP) is 4.38. The lowest BCUT2D eigenvalue weighted by Gasteiger charge is -2.05. The van der Waals surface area contributed by atoms with E-state index in [0.717, 1.165) is 10.7 Å². The molecule has 2 aromatic heterocycles. The maximum absolute atomic E-state index is 13.1. The van der Waals surface area contributed by atoms with Gasteiger partial charge in [-0.15, -0.1) is 0 Å². The molecule has 1 amide bonds. The summed E-state index contributed by atoms with van der Waals surface area (Å²) in [4.78, 5) is 12.3. The first kappa shape index (κ1) is 20.2. The van der Waals surface area contributed by atoms with Crippen LogP contribution in [-0.4, -0.2) is 25.5 Å². The molecule has 3 rings (SSSR count). The van der Waals surface area contributed by atoms with Crippen LogP contribution in [0, 0.1) is 5.82 Å². The van der Waals surface area contributed by atoms with Crippen molar-refractivity contribution in [3.05, 3.63) is 63.4 Å². The monoisotopic (exact) mass is 435 g/mol. The first-order valence-electron chi connectivity index (χ1n) is 7.63. The van der Waals surface area contributed by atoms with E-state index in [0.29, 0.717) is 5.56 Å². The maximum atomic E-state index is 13.1. The number of amides is 1. The molecule has 0 bridgehead atoms. The van der Waals surface area contributed by atoms with Crippen LogP contribution in [0.15, 0.2) is 30.6 Å². The fourth-order valence-electron chi connectivity index (χ4n) is 2.46.